The Bertz CT molecular complexity index is 468. The predicted octanol–water partition coefficient (Wildman–Crippen LogP) is 0.900. The molecule has 1 aliphatic heterocycles. The highest BCUT2D eigenvalue weighted by Gasteiger charge is 2.16. The van der Waals surface area contributed by atoms with Crippen LogP contribution in [0.1, 0.15) is 12.0 Å². The van der Waals surface area contributed by atoms with E-state index in [1.807, 2.05) is 30.3 Å². The molecule has 0 bridgehead atoms. The molecule has 0 saturated carbocycles. The maximum absolute atomic E-state index is 11.7. The Balaban J connectivity index is 1.80. The van der Waals surface area contributed by atoms with Gasteiger partial charge in [0, 0.05) is 19.5 Å². The fraction of sp³-hybridized carbons (Fsp3) is 0.308. The smallest absolute Gasteiger partial charge is 0.341 e. The number of urea groups is 1. The molecule has 1 aliphatic rings. The second kappa shape index (κ2) is 5.95. The van der Waals surface area contributed by atoms with Crippen LogP contribution in [0.3, 0.4) is 0 Å². The molecule has 1 aromatic carbocycles. The lowest BCUT2D eigenvalue weighted by Crippen LogP contribution is -2.39. The third kappa shape index (κ3) is 3.41. The fourth-order valence-electron chi connectivity index (χ4n) is 1.74. The standard InChI is InChI=1S/C13H15N3O2/c17-12(11-7-9-15-13(18)16-11)14-8-6-10-4-2-1-3-5-10/h1-5H,6-9H2,(H,14,17)(H,15,18). The first-order chi connectivity index (χ1) is 8.75. The zero-order chi connectivity index (χ0) is 12.8. The molecule has 0 spiro atoms. The van der Waals surface area contributed by atoms with Gasteiger partial charge in [-0.25, -0.2) is 4.79 Å². The summed E-state index contributed by atoms with van der Waals surface area (Å²) in [6.45, 7) is 1.02. The quantitative estimate of drug-likeness (QED) is 0.827. The summed E-state index contributed by atoms with van der Waals surface area (Å²) in [7, 11) is 0. The maximum Gasteiger partial charge on any atom is 0.341 e. The molecule has 5 nitrogen and oxygen atoms in total. The van der Waals surface area contributed by atoms with E-state index in [1.54, 1.807) is 0 Å². The van der Waals surface area contributed by atoms with Crippen molar-refractivity contribution >= 4 is 17.6 Å². The van der Waals surface area contributed by atoms with Gasteiger partial charge in [0.25, 0.3) is 5.91 Å². The van der Waals surface area contributed by atoms with Gasteiger partial charge in [-0.05, 0) is 12.0 Å². The van der Waals surface area contributed by atoms with E-state index >= 15 is 0 Å². The molecule has 3 amide bonds. The summed E-state index contributed by atoms with van der Waals surface area (Å²) in [5.74, 6) is -0.249. The SMILES string of the molecule is O=C1N=C(C(=O)NCCc2ccccc2)CCN1. The van der Waals surface area contributed by atoms with Crippen LogP contribution in [0.25, 0.3) is 0 Å². The molecular weight excluding hydrogens is 230 g/mol. The number of hydrogen-bond acceptors (Lipinski definition) is 2. The number of nitrogens with zero attached hydrogens (tertiary/aromatic N) is 1. The number of benzene rings is 1. The van der Waals surface area contributed by atoms with Crippen molar-refractivity contribution in [2.24, 2.45) is 4.99 Å². The number of hydrogen-bond donors (Lipinski definition) is 2. The largest absolute Gasteiger partial charge is 0.351 e. The van der Waals surface area contributed by atoms with Gasteiger partial charge in [0.15, 0.2) is 0 Å². The molecule has 18 heavy (non-hydrogen) atoms. The van der Waals surface area contributed by atoms with Gasteiger partial charge in [-0.15, -0.1) is 0 Å². The second-order valence-corrected chi connectivity index (χ2v) is 4.03. The molecule has 0 atom stereocenters. The first-order valence-electron chi connectivity index (χ1n) is 5.93. The van der Waals surface area contributed by atoms with E-state index in [0.29, 0.717) is 25.2 Å². The molecule has 5 heteroatoms. The van der Waals surface area contributed by atoms with Crippen molar-refractivity contribution in [1.82, 2.24) is 10.6 Å². The van der Waals surface area contributed by atoms with Crippen molar-refractivity contribution in [1.29, 1.82) is 0 Å². The van der Waals surface area contributed by atoms with Crippen LogP contribution in [-0.4, -0.2) is 30.7 Å². The molecule has 0 unspecified atom stereocenters. The third-order valence-corrected chi connectivity index (χ3v) is 2.68. The van der Waals surface area contributed by atoms with Crippen molar-refractivity contribution in [3.8, 4) is 0 Å². The number of rotatable bonds is 4. The molecular formula is C13H15N3O2. The van der Waals surface area contributed by atoms with Gasteiger partial charge in [0.05, 0.1) is 0 Å². The monoisotopic (exact) mass is 245 g/mol. The Hall–Kier alpha value is -2.17. The molecule has 0 fully saturated rings. The molecule has 1 heterocycles. The van der Waals surface area contributed by atoms with Gasteiger partial charge < -0.3 is 10.6 Å². The number of aliphatic imine (C=N–C) groups is 1. The minimum absolute atomic E-state index is 0.249. The second-order valence-electron chi connectivity index (χ2n) is 4.03. The van der Waals surface area contributed by atoms with E-state index in [1.165, 1.54) is 5.56 Å². The van der Waals surface area contributed by atoms with Crippen molar-refractivity contribution in [2.45, 2.75) is 12.8 Å². The van der Waals surface area contributed by atoms with Gasteiger partial charge in [0.1, 0.15) is 5.71 Å². The van der Waals surface area contributed by atoms with Crippen LogP contribution in [-0.2, 0) is 11.2 Å². The summed E-state index contributed by atoms with van der Waals surface area (Å²) in [6, 6.07) is 9.47. The van der Waals surface area contributed by atoms with Crippen LogP contribution in [0.2, 0.25) is 0 Å². The minimum Gasteiger partial charge on any atom is -0.351 e. The molecule has 0 aromatic heterocycles. The normalized spacial score (nSPS) is 14.7. The van der Waals surface area contributed by atoms with Gasteiger partial charge in [0.2, 0.25) is 0 Å². The highest BCUT2D eigenvalue weighted by Crippen LogP contribution is 1.99. The molecule has 1 aromatic rings. The average molecular weight is 245 g/mol. The zero-order valence-corrected chi connectivity index (χ0v) is 9.98. The molecule has 2 rings (SSSR count). The van der Waals surface area contributed by atoms with E-state index in [9.17, 15) is 9.59 Å². The lowest BCUT2D eigenvalue weighted by atomic mass is 10.1. The van der Waals surface area contributed by atoms with Crippen molar-refractivity contribution in [3.05, 3.63) is 35.9 Å². The number of carbonyl (C=O) groups is 2. The molecule has 0 radical (unpaired) electrons. The summed E-state index contributed by atoms with van der Waals surface area (Å²) in [4.78, 5) is 26.4. The maximum atomic E-state index is 11.7. The van der Waals surface area contributed by atoms with Crippen LogP contribution in [0.5, 0.6) is 0 Å². The van der Waals surface area contributed by atoms with E-state index in [0.717, 1.165) is 6.42 Å². The molecule has 0 saturated heterocycles. The summed E-state index contributed by atoms with van der Waals surface area (Å²) in [5.41, 5.74) is 1.48. The topological polar surface area (TPSA) is 70.6 Å². The summed E-state index contributed by atoms with van der Waals surface area (Å²) >= 11 is 0. The number of carbonyl (C=O) groups excluding carboxylic acids is 2. The summed E-state index contributed by atoms with van der Waals surface area (Å²) in [6.07, 6.45) is 1.26. The van der Waals surface area contributed by atoms with E-state index < -0.39 is 6.03 Å². The van der Waals surface area contributed by atoms with Gasteiger partial charge in [-0.1, -0.05) is 30.3 Å². The molecule has 2 N–H and O–H groups in total. The van der Waals surface area contributed by atoms with Crippen LogP contribution in [0.4, 0.5) is 4.79 Å². The van der Waals surface area contributed by atoms with E-state index in [-0.39, 0.29) is 5.91 Å². The first-order valence-corrected chi connectivity index (χ1v) is 5.93. The third-order valence-electron chi connectivity index (χ3n) is 2.68. The average Bonchev–Trinajstić information content (AvgIpc) is 2.40. The van der Waals surface area contributed by atoms with Crippen molar-refractivity contribution in [2.75, 3.05) is 13.1 Å². The Kier molecular flexibility index (Phi) is 4.06. The Morgan fingerprint density at radius 2 is 2.11 bits per heavy atom. The van der Waals surface area contributed by atoms with Gasteiger partial charge in [-0.2, -0.15) is 4.99 Å². The van der Waals surface area contributed by atoms with Crippen LogP contribution in [0.15, 0.2) is 35.3 Å². The van der Waals surface area contributed by atoms with Crippen LogP contribution < -0.4 is 10.6 Å². The number of amides is 3. The van der Waals surface area contributed by atoms with Gasteiger partial charge in [-0.3, -0.25) is 4.79 Å². The minimum atomic E-state index is -0.436. The lowest BCUT2D eigenvalue weighted by molar-refractivity contribution is -0.114. The summed E-state index contributed by atoms with van der Waals surface area (Å²) < 4.78 is 0. The highest BCUT2D eigenvalue weighted by molar-refractivity contribution is 6.40. The van der Waals surface area contributed by atoms with E-state index in [2.05, 4.69) is 15.6 Å². The van der Waals surface area contributed by atoms with Crippen LogP contribution in [0, 0.1) is 0 Å². The fourth-order valence-corrected chi connectivity index (χ4v) is 1.74. The van der Waals surface area contributed by atoms with Crippen LogP contribution >= 0.6 is 0 Å². The zero-order valence-electron chi connectivity index (χ0n) is 9.98. The summed E-state index contributed by atoms with van der Waals surface area (Å²) in [5, 5.41) is 5.31. The molecule has 0 aliphatic carbocycles. The molecule has 94 valence electrons. The van der Waals surface area contributed by atoms with E-state index in [4.69, 9.17) is 0 Å². The lowest BCUT2D eigenvalue weighted by Gasteiger charge is -2.12. The van der Waals surface area contributed by atoms with Crippen molar-refractivity contribution in [3.63, 3.8) is 0 Å². The van der Waals surface area contributed by atoms with Crippen molar-refractivity contribution < 1.29 is 9.59 Å². The Morgan fingerprint density at radius 3 is 2.83 bits per heavy atom. The predicted molar refractivity (Wildman–Crippen MR) is 68.6 cm³/mol. The van der Waals surface area contributed by atoms with Gasteiger partial charge >= 0.3 is 6.03 Å². The highest BCUT2D eigenvalue weighted by atomic mass is 16.2. The first kappa shape index (κ1) is 12.3. The number of nitrogens with one attached hydrogen (secondary N) is 2. The Labute approximate surface area is 105 Å². The Morgan fingerprint density at radius 1 is 1.33 bits per heavy atom.